The van der Waals surface area contributed by atoms with Gasteiger partial charge in [-0.25, -0.2) is 19.9 Å². The van der Waals surface area contributed by atoms with Crippen LogP contribution in [0.3, 0.4) is 0 Å². The van der Waals surface area contributed by atoms with Gasteiger partial charge in [-0.3, -0.25) is 0 Å². The Morgan fingerprint density at radius 2 is 1.41 bits per heavy atom. The van der Waals surface area contributed by atoms with Crippen LogP contribution in [0.5, 0.6) is 0 Å². The molecule has 6 nitrogen and oxygen atoms in total. The number of fused-ring (bicyclic) bond motifs is 9. The number of benzene rings is 4. The van der Waals surface area contributed by atoms with Crippen molar-refractivity contribution in [2.45, 2.75) is 37.3 Å². The van der Waals surface area contributed by atoms with Gasteiger partial charge < -0.3 is 9.40 Å². The van der Waals surface area contributed by atoms with Crippen LogP contribution in [0.2, 0.25) is 0 Å². The second-order valence-electron chi connectivity index (χ2n) is 13.0. The van der Waals surface area contributed by atoms with Crippen LogP contribution in [0.15, 0.2) is 108 Å². The van der Waals surface area contributed by atoms with E-state index in [0.717, 1.165) is 40.8 Å². The maximum Gasteiger partial charge on any atom is 0.433 e. The molecule has 1 radical (unpaired) electrons. The van der Waals surface area contributed by atoms with Crippen LogP contribution in [0.25, 0.3) is 78.3 Å². The number of alkyl halides is 3. The molecule has 251 valence electrons. The average Bonchev–Trinajstić information content (AvgIpc) is 3.88. The number of halogens is 3. The molecule has 8 aromatic rings. The zero-order chi connectivity index (χ0) is 33.6. The Bertz CT molecular complexity index is 2660. The summed E-state index contributed by atoms with van der Waals surface area (Å²) in [6, 6.07) is 32.9. The number of aromatic nitrogens is 5. The summed E-state index contributed by atoms with van der Waals surface area (Å²) < 4.78 is 48.9. The smallest absolute Gasteiger partial charge is 0.433 e. The minimum Gasteiger partial charge on any atom is -0.455 e. The summed E-state index contributed by atoms with van der Waals surface area (Å²) in [5.74, 6) is 1.87. The van der Waals surface area contributed by atoms with Crippen LogP contribution in [0, 0.1) is 6.07 Å². The van der Waals surface area contributed by atoms with Crippen molar-refractivity contribution in [1.82, 2.24) is 24.9 Å². The summed E-state index contributed by atoms with van der Waals surface area (Å²) in [6.45, 7) is 0. The van der Waals surface area contributed by atoms with E-state index < -0.39 is 11.9 Å². The van der Waals surface area contributed by atoms with Crippen LogP contribution < -0.4 is 0 Å². The van der Waals surface area contributed by atoms with Crippen LogP contribution in [-0.2, 0) is 26.3 Å². The van der Waals surface area contributed by atoms with E-state index >= 15 is 0 Å². The molecule has 51 heavy (non-hydrogen) atoms. The topological polar surface area (TPSA) is 77.6 Å². The van der Waals surface area contributed by atoms with E-state index in [1.54, 1.807) is 0 Å². The minimum atomic E-state index is -4.66. The molecule has 4 heterocycles. The quantitative estimate of drug-likeness (QED) is 0.164. The van der Waals surface area contributed by atoms with Gasteiger partial charge in [-0.2, -0.15) is 13.2 Å². The van der Waals surface area contributed by atoms with Gasteiger partial charge in [-0.15, -0.1) is 34.9 Å². The second kappa shape index (κ2) is 11.9. The van der Waals surface area contributed by atoms with Crippen molar-refractivity contribution in [3.8, 4) is 45.4 Å². The fourth-order valence-electron chi connectivity index (χ4n) is 7.82. The van der Waals surface area contributed by atoms with Gasteiger partial charge in [0.1, 0.15) is 16.9 Å². The van der Waals surface area contributed by atoms with Crippen LogP contribution >= 0.6 is 0 Å². The maximum absolute atomic E-state index is 14.2. The molecule has 1 saturated carbocycles. The number of hydrogen-bond donors (Lipinski definition) is 0. The minimum absolute atomic E-state index is 0. The summed E-state index contributed by atoms with van der Waals surface area (Å²) in [7, 11) is 0. The van der Waals surface area contributed by atoms with Crippen molar-refractivity contribution in [3.63, 3.8) is 0 Å². The van der Waals surface area contributed by atoms with E-state index in [4.69, 9.17) is 24.4 Å². The first-order chi connectivity index (χ1) is 24.4. The van der Waals surface area contributed by atoms with Crippen LogP contribution in [0.1, 0.15) is 47.9 Å². The molecule has 0 spiro atoms. The third kappa shape index (κ3) is 5.16. The molecule has 10 heteroatoms. The normalized spacial score (nSPS) is 16.5. The Morgan fingerprint density at radius 1 is 0.686 bits per heavy atom. The Morgan fingerprint density at radius 3 is 2.24 bits per heavy atom. The Balaban J connectivity index is 0.00000348. The number of nitrogens with zero attached hydrogens (tertiary/aromatic N) is 5. The molecule has 2 aliphatic rings. The Kier molecular flexibility index (Phi) is 7.38. The molecule has 4 aromatic carbocycles. The average molecular weight is 853 g/mol. The largest absolute Gasteiger partial charge is 0.455 e. The molecule has 2 atom stereocenters. The SMILES string of the molecule is FC(F)(F)c1ccc2c(-c3[c-]cc4c(c3)C3CCC4C3)ncc(-c3nc(-c4ccccc4)nc(-c4cccc5c4oc4ccccc45)n3)c2n1.[Ir]. The second-order valence-corrected chi connectivity index (χ2v) is 13.0. The molecule has 2 bridgehead atoms. The molecular weight excluding hydrogens is 828 g/mol. The van der Waals surface area contributed by atoms with Crippen molar-refractivity contribution in [1.29, 1.82) is 0 Å². The predicted octanol–water partition coefficient (Wildman–Crippen LogP) is 10.6. The summed E-state index contributed by atoms with van der Waals surface area (Å²) >= 11 is 0. The number of hydrogen-bond acceptors (Lipinski definition) is 6. The van der Waals surface area contributed by atoms with Crippen LogP contribution in [-0.4, -0.2) is 24.9 Å². The van der Waals surface area contributed by atoms with E-state index in [-0.39, 0.29) is 37.0 Å². The van der Waals surface area contributed by atoms with E-state index in [9.17, 15) is 13.2 Å². The first-order valence-corrected chi connectivity index (χ1v) is 16.5. The van der Waals surface area contributed by atoms with Crippen molar-refractivity contribution in [2.24, 2.45) is 0 Å². The van der Waals surface area contributed by atoms with Gasteiger partial charge in [-0.1, -0.05) is 73.2 Å². The first-order valence-electron chi connectivity index (χ1n) is 16.5. The van der Waals surface area contributed by atoms with Crippen LogP contribution in [0.4, 0.5) is 13.2 Å². The standard InChI is InChI=1S/C41H25F3N5O.Ir/c42-41(43,44)34-18-17-29-35(25-15-16-26-23-13-14-24(19-23)31(26)20-25)45-21-32(36(29)46-34)40-48-38(22-7-2-1-3-8-22)47-39(49-40)30-11-6-10-28-27-9-4-5-12-33(27)50-37(28)30;/h1-12,16-18,20-21,23-24H,13-14,19H2;/q-1;. The van der Waals surface area contributed by atoms with Gasteiger partial charge in [0.2, 0.25) is 0 Å². The zero-order valence-corrected chi connectivity index (χ0v) is 29.1. The zero-order valence-electron chi connectivity index (χ0n) is 26.7. The van der Waals surface area contributed by atoms with E-state index in [2.05, 4.69) is 17.1 Å². The van der Waals surface area contributed by atoms with E-state index in [1.165, 1.54) is 29.8 Å². The third-order valence-electron chi connectivity index (χ3n) is 10.2. The maximum atomic E-state index is 14.2. The van der Waals surface area contributed by atoms with Gasteiger partial charge in [0.15, 0.2) is 17.5 Å². The van der Waals surface area contributed by atoms with E-state index in [0.29, 0.717) is 51.3 Å². The Hall–Kier alpha value is -5.31. The molecule has 0 saturated heterocycles. The summed E-state index contributed by atoms with van der Waals surface area (Å²) in [5, 5.41) is 2.30. The van der Waals surface area contributed by atoms with Gasteiger partial charge in [-0.05, 0) is 54.0 Å². The monoisotopic (exact) mass is 853 g/mol. The van der Waals surface area contributed by atoms with E-state index in [1.807, 2.05) is 78.9 Å². The molecule has 1 fully saturated rings. The van der Waals surface area contributed by atoms with Gasteiger partial charge in [0.05, 0.1) is 16.6 Å². The van der Waals surface area contributed by atoms with Gasteiger partial charge in [0, 0.05) is 42.6 Å². The number of furan rings is 1. The summed E-state index contributed by atoms with van der Waals surface area (Å²) in [6.07, 6.45) is 0.341. The molecule has 0 aliphatic heterocycles. The van der Waals surface area contributed by atoms with Crippen molar-refractivity contribution < 1.29 is 37.7 Å². The molecule has 0 amide bonds. The summed E-state index contributed by atoms with van der Waals surface area (Å²) in [5.41, 5.74) is 5.87. The van der Waals surface area contributed by atoms with Crippen molar-refractivity contribution in [2.75, 3.05) is 0 Å². The van der Waals surface area contributed by atoms with Gasteiger partial charge >= 0.3 is 6.18 Å². The number of pyridine rings is 2. The fraction of sp³-hybridized carbons (Fsp3) is 0.146. The molecular formula is C41H25F3IrN5O-. The summed E-state index contributed by atoms with van der Waals surface area (Å²) in [4.78, 5) is 23.6. The number of rotatable bonds is 4. The molecule has 2 aliphatic carbocycles. The Labute approximate surface area is 303 Å². The molecule has 4 aromatic heterocycles. The van der Waals surface area contributed by atoms with Crippen molar-refractivity contribution >= 4 is 32.8 Å². The molecule has 10 rings (SSSR count). The molecule has 0 N–H and O–H groups in total. The van der Waals surface area contributed by atoms with Crippen molar-refractivity contribution in [3.05, 3.63) is 126 Å². The third-order valence-corrected chi connectivity index (χ3v) is 10.2. The fourth-order valence-corrected chi connectivity index (χ4v) is 7.82. The number of para-hydroxylation sites is 2. The molecule has 2 unspecified atom stereocenters. The first kappa shape index (κ1) is 31.7. The van der Waals surface area contributed by atoms with Gasteiger partial charge in [0.25, 0.3) is 0 Å². The predicted molar refractivity (Wildman–Crippen MR) is 185 cm³/mol.